The summed E-state index contributed by atoms with van der Waals surface area (Å²) in [7, 11) is 0. The first-order valence-corrected chi connectivity index (χ1v) is 20.0. The zero-order chi connectivity index (χ0) is 38.9. The summed E-state index contributed by atoms with van der Waals surface area (Å²) in [5, 5.41) is 15.2. The van der Waals surface area contributed by atoms with E-state index in [0.717, 1.165) is 94.6 Å². The number of para-hydroxylation sites is 2. The number of fused-ring (bicyclic) bond motifs is 7. The molecule has 0 amide bonds. The summed E-state index contributed by atoms with van der Waals surface area (Å²) in [5.41, 5.74) is 12.7. The van der Waals surface area contributed by atoms with Crippen molar-refractivity contribution in [3.63, 3.8) is 0 Å². The fourth-order valence-corrected chi connectivity index (χ4v) is 8.86. The molecule has 59 heavy (non-hydrogen) atoms. The SMILES string of the molecule is C1=CCC(n2ncc3c2ccc2c4cc(-c5ccc6c(cnn6-c6ccccc6)c5)ccc4n(-c4nc(-c5ccc(-c6ccccc6)cc5)c5ccccc5n4)c23)C=C1. The van der Waals surface area contributed by atoms with Gasteiger partial charge in [-0.3, -0.25) is 9.25 Å². The minimum atomic E-state index is 0.142. The van der Waals surface area contributed by atoms with Gasteiger partial charge < -0.3 is 0 Å². The number of allylic oxidation sites excluding steroid dienone is 4. The first-order chi connectivity index (χ1) is 29.2. The van der Waals surface area contributed by atoms with Gasteiger partial charge in [0.1, 0.15) is 0 Å². The molecule has 0 aliphatic heterocycles. The lowest BCUT2D eigenvalue weighted by Crippen LogP contribution is -2.08. The Balaban J connectivity index is 1.07. The Hall–Kier alpha value is -7.90. The second-order valence-electron chi connectivity index (χ2n) is 15.2. The number of benzene rings is 7. The summed E-state index contributed by atoms with van der Waals surface area (Å²) >= 11 is 0. The molecule has 4 aromatic heterocycles. The average molecular weight is 758 g/mol. The molecule has 0 fully saturated rings. The lowest BCUT2D eigenvalue weighted by Gasteiger charge is -2.15. The van der Waals surface area contributed by atoms with Crippen molar-refractivity contribution in [3.8, 4) is 45.1 Å². The van der Waals surface area contributed by atoms with Gasteiger partial charge in [0.2, 0.25) is 5.95 Å². The van der Waals surface area contributed by atoms with E-state index in [4.69, 9.17) is 20.2 Å². The molecule has 0 N–H and O–H groups in total. The van der Waals surface area contributed by atoms with E-state index in [0.29, 0.717) is 5.95 Å². The van der Waals surface area contributed by atoms with Gasteiger partial charge in [0.05, 0.1) is 57.4 Å². The fraction of sp³-hybridized carbons (Fsp3) is 0.0385. The Morgan fingerprint density at radius 2 is 1.20 bits per heavy atom. The largest absolute Gasteiger partial charge is 0.277 e. The van der Waals surface area contributed by atoms with Crippen molar-refractivity contribution in [2.45, 2.75) is 12.5 Å². The topological polar surface area (TPSA) is 66.3 Å². The molecule has 7 nitrogen and oxygen atoms in total. The Morgan fingerprint density at radius 3 is 2.03 bits per heavy atom. The number of nitrogens with zero attached hydrogens (tertiary/aromatic N) is 7. The van der Waals surface area contributed by atoms with Gasteiger partial charge in [-0.25, -0.2) is 14.6 Å². The second kappa shape index (κ2) is 13.4. The zero-order valence-corrected chi connectivity index (χ0v) is 31.9. The Kier molecular flexibility index (Phi) is 7.53. The monoisotopic (exact) mass is 757 g/mol. The second-order valence-corrected chi connectivity index (χ2v) is 15.2. The molecule has 1 aliphatic carbocycles. The lowest BCUT2D eigenvalue weighted by molar-refractivity contribution is 0.559. The molecule has 1 aliphatic rings. The van der Waals surface area contributed by atoms with Crippen LogP contribution in [-0.2, 0) is 0 Å². The van der Waals surface area contributed by atoms with Gasteiger partial charge in [-0.15, -0.1) is 0 Å². The predicted octanol–water partition coefficient (Wildman–Crippen LogP) is 12.5. The summed E-state index contributed by atoms with van der Waals surface area (Å²) in [5.74, 6) is 0.620. The molecule has 278 valence electrons. The standard InChI is InChI=1S/C52H35N7/c1-4-12-34(13-5-1)35-20-22-36(23-21-35)50-43-18-10-11-19-46(43)55-52(56-50)57-48-28-25-38(37-24-27-47-39(30-37)32-53-58(47)40-14-6-2-7-15-40)31-44(48)42-26-29-49-45(51(42)57)33-54-59(49)41-16-8-3-9-17-41/h1-16,18-33,41H,17H2. The molecule has 0 saturated carbocycles. The van der Waals surface area contributed by atoms with Crippen molar-refractivity contribution in [2.24, 2.45) is 0 Å². The molecular weight excluding hydrogens is 723 g/mol. The molecular formula is C52H35N7. The molecule has 11 aromatic rings. The summed E-state index contributed by atoms with van der Waals surface area (Å²) in [6.07, 6.45) is 13.5. The molecule has 12 rings (SSSR count). The summed E-state index contributed by atoms with van der Waals surface area (Å²) in [6.45, 7) is 0. The van der Waals surface area contributed by atoms with E-state index in [1.54, 1.807) is 0 Å². The normalized spacial score (nSPS) is 14.1. The number of hydrogen-bond acceptors (Lipinski definition) is 4. The van der Waals surface area contributed by atoms with Crippen LogP contribution in [0.5, 0.6) is 0 Å². The maximum atomic E-state index is 5.46. The molecule has 7 aromatic carbocycles. The number of aromatic nitrogens is 7. The first-order valence-electron chi connectivity index (χ1n) is 20.0. The maximum absolute atomic E-state index is 5.46. The minimum Gasteiger partial charge on any atom is -0.277 e. The van der Waals surface area contributed by atoms with Gasteiger partial charge in [0.25, 0.3) is 0 Å². The van der Waals surface area contributed by atoms with Crippen LogP contribution in [0.1, 0.15) is 12.5 Å². The highest BCUT2D eigenvalue weighted by molar-refractivity contribution is 6.18. The van der Waals surface area contributed by atoms with Crippen molar-refractivity contribution < 1.29 is 0 Å². The van der Waals surface area contributed by atoms with Crippen LogP contribution in [0, 0.1) is 0 Å². The molecule has 1 atom stereocenters. The zero-order valence-electron chi connectivity index (χ0n) is 31.9. The van der Waals surface area contributed by atoms with Gasteiger partial charge in [0, 0.05) is 32.5 Å². The van der Waals surface area contributed by atoms with E-state index in [1.165, 1.54) is 5.56 Å². The van der Waals surface area contributed by atoms with Crippen LogP contribution in [-0.4, -0.2) is 34.1 Å². The van der Waals surface area contributed by atoms with E-state index in [1.807, 2.05) is 47.4 Å². The van der Waals surface area contributed by atoms with Crippen LogP contribution >= 0.6 is 0 Å². The molecule has 0 bridgehead atoms. The maximum Gasteiger partial charge on any atom is 0.235 e. The van der Waals surface area contributed by atoms with Crippen molar-refractivity contribution in [1.82, 2.24) is 34.1 Å². The van der Waals surface area contributed by atoms with E-state index in [9.17, 15) is 0 Å². The van der Waals surface area contributed by atoms with Gasteiger partial charge in [-0.2, -0.15) is 10.2 Å². The van der Waals surface area contributed by atoms with Crippen LogP contribution < -0.4 is 0 Å². The Labute approximate surface area is 339 Å². The van der Waals surface area contributed by atoms with Crippen molar-refractivity contribution in [3.05, 3.63) is 194 Å². The van der Waals surface area contributed by atoms with Crippen LogP contribution in [0.15, 0.2) is 194 Å². The first kappa shape index (κ1) is 33.3. The van der Waals surface area contributed by atoms with E-state index >= 15 is 0 Å². The molecule has 0 radical (unpaired) electrons. The highest BCUT2D eigenvalue weighted by atomic mass is 15.3. The highest BCUT2D eigenvalue weighted by Crippen LogP contribution is 2.40. The van der Waals surface area contributed by atoms with Gasteiger partial charge in [-0.05, 0) is 77.2 Å². The summed E-state index contributed by atoms with van der Waals surface area (Å²) < 4.78 is 6.39. The van der Waals surface area contributed by atoms with Gasteiger partial charge >= 0.3 is 0 Å². The fourth-order valence-electron chi connectivity index (χ4n) is 8.86. The third-order valence-electron chi connectivity index (χ3n) is 11.7. The Bertz CT molecular complexity index is 3460. The highest BCUT2D eigenvalue weighted by Gasteiger charge is 2.22. The molecule has 0 spiro atoms. The van der Waals surface area contributed by atoms with Crippen molar-refractivity contribution >= 4 is 54.5 Å². The number of rotatable bonds is 6. The molecule has 0 saturated heterocycles. The van der Waals surface area contributed by atoms with E-state index in [-0.39, 0.29) is 6.04 Å². The minimum absolute atomic E-state index is 0.142. The smallest absolute Gasteiger partial charge is 0.235 e. The van der Waals surface area contributed by atoms with E-state index < -0.39 is 0 Å². The molecule has 4 heterocycles. The van der Waals surface area contributed by atoms with Crippen molar-refractivity contribution in [1.29, 1.82) is 0 Å². The molecule has 1 unspecified atom stereocenters. The summed E-state index contributed by atoms with van der Waals surface area (Å²) in [4.78, 5) is 10.8. The van der Waals surface area contributed by atoms with Crippen LogP contribution in [0.3, 0.4) is 0 Å². The number of hydrogen-bond donors (Lipinski definition) is 0. The third-order valence-corrected chi connectivity index (χ3v) is 11.7. The Morgan fingerprint density at radius 1 is 0.492 bits per heavy atom. The third kappa shape index (κ3) is 5.43. The quantitative estimate of drug-likeness (QED) is 0.169. The van der Waals surface area contributed by atoms with Crippen LogP contribution in [0.4, 0.5) is 0 Å². The van der Waals surface area contributed by atoms with Crippen molar-refractivity contribution in [2.75, 3.05) is 0 Å². The summed E-state index contributed by atoms with van der Waals surface area (Å²) in [6, 6.07) is 55.7. The van der Waals surface area contributed by atoms with Gasteiger partial charge in [-0.1, -0.05) is 133 Å². The van der Waals surface area contributed by atoms with Crippen LogP contribution in [0.2, 0.25) is 0 Å². The van der Waals surface area contributed by atoms with Crippen LogP contribution in [0.25, 0.3) is 99.7 Å². The average Bonchev–Trinajstić information content (AvgIpc) is 4.03. The predicted molar refractivity (Wildman–Crippen MR) is 240 cm³/mol. The lowest BCUT2D eigenvalue weighted by atomic mass is 10.0. The molecule has 7 heteroatoms. The van der Waals surface area contributed by atoms with Gasteiger partial charge in [0.15, 0.2) is 0 Å². The van der Waals surface area contributed by atoms with E-state index in [2.05, 4.69) is 161 Å².